The van der Waals surface area contributed by atoms with Crippen LogP contribution in [-0.4, -0.2) is 50.8 Å². The zero-order chi connectivity index (χ0) is 16.8. The van der Waals surface area contributed by atoms with E-state index in [2.05, 4.69) is 29.2 Å². The van der Waals surface area contributed by atoms with Crippen LogP contribution in [0.1, 0.15) is 31.2 Å². The highest BCUT2D eigenvalue weighted by atomic mass is 16.5. The number of likely N-dealkylation sites (tertiary alicyclic amines) is 1. The van der Waals surface area contributed by atoms with Crippen LogP contribution < -0.4 is 0 Å². The molecule has 4 heteroatoms. The summed E-state index contributed by atoms with van der Waals surface area (Å²) in [6, 6.07) is 10.4. The molecule has 2 atom stereocenters. The molecule has 1 aliphatic heterocycles. The first-order valence-corrected chi connectivity index (χ1v) is 9.17. The van der Waals surface area contributed by atoms with Crippen LogP contribution in [0.25, 0.3) is 0 Å². The lowest BCUT2D eigenvalue weighted by molar-refractivity contribution is -0.153. The van der Waals surface area contributed by atoms with Crippen LogP contribution in [0.5, 0.6) is 0 Å². The Morgan fingerprint density at radius 3 is 2.92 bits per heavy atom. The van der Waals surface area contributed by atoms with Gasteiger partial charge in [-0.15, -0.1) is 0 Å². The van der Waals surface area contributed by atoms with E-state index in [4.69, 9.17) is 9.47 Å². The fraction of sp³-hybridized carbons (Fsp3) is 0.650. The van der Waals surface area contributed by atoms with Gasteiger partial charge in [-0.05, 0) is 37.2 Å². The molecule has 2 aliphatic rings. The van der Waals surface area contributed by atoms with Gasteiger partial charge in [-0.1, -0.05) is 36.8 Å². The lowest BCUT2D eigenvalue weighted by atomic mass is 9.81. The van der Waals surface area contributed by atoms with Crippen molar-refractivity contribution in [3.8, 4) is 0 Å². The molecule has 1 heterocycles. The van der Waals surface area contributed by atoms with Crippen molar-refractivity contribution < 1.29 is 14.3 Å². The maximum atomic E-state index is 12.2. The number of carbonyl (C=O) groups excluding carboxylic acids is 1. The SMILES string of the molecule is COC(=O)[C@@]12CCC[C@@H]1CN(CCCOCCc1ccccc1)C2. The lowest BCUT2D eigenvalue weighted by Gasteiger charge is -2.25. The van der Waals surface area contributed by atoms with E-state index >= 15 is 0 Å². The Bertz CT molecular complexity index is 533. The largest absolute Gasteiger partial charge is 0.469 e. The molecule has 1 aromatic carbocycles. The standard InChI is InChI=1S/C20H29NO3/c1-23-19(22)20-11-5-9-18(20)15-21(16-20)12-6-13-24-14-10-17-7-3-2-4-8-17/h2-4,7-8,18H,5-6,9-16H2,1H3/t18-,20-/m1/s1. The normalized spacial score (nSPS) is 26.5. The number of fused-ring (bicyclic) bond motifs is 1. The Kier molecular flexibility index (Phi) is 5.90. The van der Waals surface area contributed by atoms with Gasteiger partial charge in [-0.2, -0.15) is 0 Å². The molecule has 0 amide bonds. The number of nitrogens with zero attached hydrogens (tertiary/aromatic N) is 1. The summed E-state index contributed by atoms with van der Waals surface area (Å²) in [6.07, 6.45) is 5.32. The molecule has 0 aromatic heterocycles. The number of methoxy groups -OCH3 is 1. The molecular formula is C20H29NO3. The van der Waals surface area contributed by atoms with Crippen molar-refractivity contribution in [3.63, 3.8) is 0 Å². The molecule has 0 bridgehead atoms. The van der Waals surface area contributed by atoms with E-state index < -0.39 is 0 Å². The number of ether oxygens (including phenoxy) is 2. The maximum Gasteiger partial charge on any atom is 0.313 e. The van der Waals surface area contributed by atoms with Crippen LogP contribution in [0.3, 0.4) is 0 Å². The summed E-state index contributed by atoms with van der Waals surface area (Å²) in [5.74, 6) is 0.496. The smallest absolute Gasteiger partial charge is 0.313 e. The molecule has 1 saturated carbocycles. The summed E-state index contributed by atoms with van der Waals surface area (Å²) in [6.45, 7) is 4.49. The predicted octanol–water partition coefficient (Wildman–Crippen LogP) is 2.91. The quantitative estimate of drug-likeness (QED) is 0.542. The molecular weight excluding hydrogens is 302 g/mol. The minimum Gasteiger partial charge on any atom is -0.469 e. The van der Waals surface area contributed by atoms with Crippen LogP contribution in [0.4, 0.5) is 0 Å². The Balaban J connectivity index is 1.34. The Morgan fingerprint density at radius 1 is 1.29 bits per heavy atom. The molecule has 3 rings (SSSR count). The van der Waals surface area contributed by atoms with E-state index in [9.17, 15) is 4.79 Å². The number of rotatable bonds is 8. The number of hydrogen-bond donors (Lipinski definition) is 0. The van der Waals surface area contributed by atoms with Gasteiger partial charge in [0.05, 0.1) is 19.1 Å². The average Bonchev–Trinajstić information content (AvgIpc) is 3.16. The van der Waals surface area contributed by atoms with Gasteiger partial charge in [-0.3, -0.25) is 4.79 Å². The number of benzene rings is 1. The first-order chi connectivity index (χ1) is 11.7. The van der Waals surface area contributed by atoms with Crippen LogP contribution in [0, 0.1) is 11.3 Å². The van der Waals surface area contributed by atoms with Gasteiger partial charge in [0, 0.05) is 26.2 Å². The summed E-state index contributed by atoms with van der Waals surface area (Å²) in [5.41, 5.74) is 1.10. The molecule has 1 aliphatic carbocycles. The highest BCUT2D eigenvalue weighted by Crippen LogP contribution is 2.49. The second-order valence-corrected chi connectivity index (χ2v) is 7.17. The third kappa shape index (κ3) is 3.81. The molecule has 0 radical (unpaired) electrons. The van der Waals surface area contributed by atoms with Crippen LogP contribution >= 0.6 is 0 Å². The van der Waals surface area contributed by atoms with Gasteiger partial charge < -0.3 is 14.4 Å². The van der Waals surface area contributed by atoms with Gasteiger partial charge in [0.1, 0.15) is 0 Å². The fourth-order valence-electron chi connectivity index (χ4n) is 4.43. The van der Waals surface area contributed by atoms with E-state index in [0.29, 0.717) is 5.92 Å². The molecule has 1 aromatic rings. The van der Waals surface area contributed by atoms with Gasteiger partial charge in [0.15, 0.2) is 0 Å². The highest BCUT2D eigenvalue weighted by Gasteiger charge is 2.55. The van der Waals surface area contributed by atoms with Gasteiger partial charge in [0.25, 0.3) is 0 Å². The van der Waals surface area contributed by atoms with Crippen LogP contribution in [0.15, 0.2) is 30.3 Å². The van der Waals surface area contributed by atoms with E-state index in [0.717, 1.165) is 58.5 Å². The van der Waals surface area contributed by atoms with E-state index in [1.165, 1.54) is 19.1 Å². The molecule has 0 unspecified atom stereocenters. The second-order valence-electron chi connectivity index (χ2n) is 7.17. The topological polar surface area (TPSA) is 38.8 Å². The third-order valence-corrected chi connectivity index (χ3v) is 5.67. The zero-order valence-electron chi connectivity index (χ0n) is 14.7. The summed E-state index contributed by atoms with van der Waals surface area (Å²) >= 11 is 0. The first-order valence-electron chi connectivity index (χ1n) is 9.17. The van der Waals surface area contributed by atoms with E-state index in [-0.39, 0.29) is 11.4 Å². The van der Waals surface area contributed by atoms with Crippen LogP contribution in [0.2, 0.25) is 0 Å². The van der Waals surface area contributed by atoms with Crippen molar-refractivity contribution in [2.24, 2.45) is 11.3 Å². The molecule has 132 valence electrons. The Labute approximate surface area is 145 Å². The molecule has 0 spiro atoms. The lowest BCUT2D eigenvalue weighted by Crippen LogP contribution is -2.37. The third-order valence-electron chi connectivity index (χ3n) is 5.67. The average molecular weight is 331 g/mol. The Morgan fingerprint density at radius 2 is 2.12 bits per heavy atom. The zero-order valence-corrected chi connectivity index (χ0v) is 14.7. The molecule has 0 N–H and O–H groups in total. The summed E-state index contributed by atoms with van der Waals surface area (Å²) < 4.78 is 10.9. The van der Waals surface area contributed by atoms with Crippen molar-refractivity contribution in [1.82, 2.24) is 4.90 Å². The minimum absolute atomic E-state index is 0.00612. The summed E-state index contributed by atoms with van der Waals surface area (Å²) in [4.78, 5) is 14.7. The molecule has 24 heavy (non-hydrogen) atoms. The predicted molar refractivity (Wildman–Crippen MR) is 93.8 cm³/mol. The second kappa shape index (κ2) is 8.13. The van der Waals surface area contributed by atoms with Crippen molar-refractivity contribution in [2.75, 3.05) is 40.0 Å². The van der Waals surface area contributed by atoms with Crippen molar-refractivity contribution >= 4 is 5.97 Å². The van der Waals surface area contributed by atoms with Crippen molar-refractivity contribution in [2.45, 2.75) is 32.1 Å². The molecule has 4 nitrogen and oxygen atoms in total. The van der Waals surface area contributed by atoms with E-state index in [1.54, 1.807) is 0 Å². The first kappa shape index (κ1) is 17.4. The maximum absolute atomic E-state index is 12.2. The summed E-state index contributed by atoms with van der Waals surface area (Å²) in [5, 5.41) is 0. The van der Waals surface area contributed by atoms with Gasteiger partial charge in [0.2, 0.25) is 0 Å². The fourth-order valence-corrected chi connectivity index (χ4v) is 4.43. The number of carbonyl (C=O) groups is 1. The minimum atomic E-state index is -0.219. The number of hydrogen-bond acceptors (Lipinski definition) is 4. The molecule has 2 fully saturated rings. The molecule has 1 saturated heterocycles. The van der Waals surface area contributed by atoms with Crippen molar-refractivity contribution in [3.05, 3.63) is 35.9 Å². The van der Waals surface area contributed by atoms with E-state index in [1.807, 2.05) is 6.07 Å². The monoisotopic (exact) mass is 331 g/mol. The van der Waals surface area contributed by atoms with Gasteiger partial charge in [-0.25, -0.2) is 0 Å². The van der Waals surface area contributed by atoms with Crippen LogP contribution in [-0.2, 0) is 20.7 Å². The number of esters is 1. The van der Waals surface area contributed by atoms with Gasteiger partial charge >= 0.3 is 5.97 Å². The summed E-state index contributed by atoms with van der Waals surface area (Å²) in [7, 11) is 1.52. The Hall–Kier alpha value is -1.39. The van der Waals surface area contributed by atoms with Crippen molar-refractivity contribution in [1.29, 1.82) is 0 Å². The highest BCUT2D eigenvalue weighted by molar-refractivity contribution is 5.78.